The van der Waals surface area contributed by atoms with Crippen molar-refractivity contribution in [3.8, 4) is 0 Å². The largest absolute Gasteiger partial charge is 0.354 e. The molecule has 0 spiro atoms. The number of likely N-dealkylation sites (tertiary alicyclic amines) is 1. The van der Waals surface area contributed by atoms with Crippen LogP contribution in [0.5, 0.6) is 0 Å². The Kier molecular flexibility index (Phi) is 5.05. The van der Waals surface area contributed by atoms with Gasteiger partial charge in [0.05, 0.1) is 0 Å². The number of hydrogen-bond donors (Lipinski definition) is 2. The highest BCUT2D eigenvalue weighted by molar-refractivity contribution is 5.76. The summed E-state index contributed by atoms with van der Waals surface area (Å²) in [6, 6.07) is 0.400. The Morgan fingerprint density at radius 2 is 2.00 bits per heavy atom. The standard InChI is InChI=1S/C11H23N3O/c1-9(12)7-11(15)13-8-10(2)14-5-3-4-6-14/h9-10H,3-8,12H2,1-2H3,(H,13,15). The van der Waals surface area contributed by atoms with E-state index in [0.717, 1.165) is 6.54 Å². The van der Waals surface area contributed by atoms with E-state index in [1.165, 1.54) is 25.9 Å². The fourth-order valence-corrected chi connectivity index (χ4v) is 1.94. The summed E-state index contributed by atoms with van der Waals surface area (Å²) in [4.78, 5) is 13.8. The molecule has 0 saturated carbocycles. The first-order valence-electron chi connectivity index (χ1n) is 5.86. The molecule has 1 aliphatic heterocycles. The molecule has 0 radical (unpaired) electrons. The molecule has 2 atom stereocenters. The number of nitrogens with zero attached hydrogens (tertiary/aromatic N) is 1. The van der Waals surface area contributed by atoms with E-state index in [1.807, 2.05) is 6.92 Å². The highest BCUT2D eigenvalue weighted by Gasteiger charge is 2.18. The zero-order valence-electron chi connectivity index (χ0n) is 9.83. The molecule has 1 heterocycles. The number of amides is 1. The zero-order chi connectivity index (χ0) is 11.3. The summed E-state index contributed by atoms with van der Waals surface area (Å²) >= 11 is 0. The topological polar surface area (TPSA) is 58.4 Å². The second kappa shape index (κ2) is 6.08. The van der Waals surface area contributed by atoms with E-state index in [4.69, 9.17) is 5.73 Å². The van der Waals surface area contributed by atoms with Crippen LogP contribution in [-0.4, -0.2) is 42.5 Å². The number of nitrogens with one attached hydrogen (secondary N) is 1. The number of nitrogens with two attached hydrogens (primary N) is 1. The Morgan fingerprint density at radius 3 is 2.53 bits per heavy atom. The summed E-state index contributed by atoms with van der Waals surface area (Å²) in [5.41, 5.74) is 5.55. The SMILES string of the molecule is CC(N)CC(=O)NCC(C)N1CCCC1. The lowest BCUT2D eigenvalue weighted by molar-refractivity contribution is -0.121. The van der Waals surface area contributed by atoms with Crippen LogP contribution in [0.3, 0.4) is 0 Å². The lowest BCUT2D eigenvalue weighted by Crippen LogP contribution is -2.41. The Labute approximate surface area is 92.2 Å². The van der Waals surface area contributed by atoms with Gasteiger partial charge in [-0.2, -0.15) is 0 Å². The van der Waals surface area contributed by atoms with Crippen molar-refractivity contribution in [1.29, 1.82) is 0 Å². The van der Waals surface area contributed by atoms with Gasteiger partial charge in [-0.15, -0.1) is 0 Å². The first kappa shape index (κ1) is 12.5. The van der Waals surface area contributed by atoms with Crippen molar-refractivity contribution < 1.29 is 4.79 Å². The molecule has 15 heavy (non-hydrogen) atoms. The smallest absolute Gasteiger partial charge is 0.221 e. The second-order valence-corrected chi connectivity index (χ2v) is 4.58. The zero-order valence-corrected chi connectivity index (χ0v) is 9.83. The van der Waals surface area contributed by atoms with Crippen LogP contribution in [0, 0.1) is 0 Å². The Morgan fingerprint density at radius 1 is 1.40 bits per heavy atom. The van der Waals surface area contributed by atoms with Crippen molar-refractivity contribution in [2.45, 2.75) is 45.2 Å². The van der Waals surface area contributed by atoms with Crippen molar-refractivity contribution in [3.05, 3.63) is 0 Å². The summed E-state index contributed by atoms with van der Waals surface area (Å²) in [5, 5.41) is 2.93. The molecule has 1 rings (SSSR count). The molecule has 1 aliphatic rings. The van der Waals surface area contributed by atoms with Crippen LogP contribution >= 0.6 is 0 Å². The van der Waals surface area contributed by atoms with Crippen LogP contribution < -0.4 is 11.1 Å². The van der Waals surface area contributed by atoms with Gasteiger partial charge in [-0.3, -0.25) is 9.69 Å². The summed E-state index contributed by atoms with van der Waals surface area (Å²) in [6.45, 7) is 7.10. The quantitative estimate of drug-likeness (QED) is 0.691. The molecule has 1 fully saturated rings. The molecular formula is C11H23N3O. The van der Waals surface area contributed by atoms with Gasteiger partial charge in [0, 0.05) is 25.0 Å². The fraction of sp³-hybridized carbons (Fsp3) is 0.909. The highest BCUT2D eigenvalue weighted by Crippen LogP contribution is 2.10. The van der Waals surface area contributed by atoms with Gasteiger partial charge in [0.25, 0.3) is 0 Å². The average molecular weight is 213 g/mol. The molecule has 88 valence electrons. The Hall–Kier alpha value is -0.610. The van der Waals surface area contributed by atoms with Crippen LogP contribution in [0.15, 0.2) is 0 Å². The lowest BCUT2D eigenvalue weighted by Gasteiger charge is -2.23. The van der Waals surface area contributed by atoms with Gasteiger partial charge in [0.15, 0.2) is 0 Å². The van der Waals surface area contributed by atoms with Crippen molar-refractivity contribution in [2.75, 3.05) is 19.6 Å². The third kappa shape index (κ3) is 4.62. The fourth-order valence-electron chi connectivity index (χ4n) is 1.94. The van der Waals surface area contributed by atoms with Gasteiger partial charge in [0.1, 0.15) is 0 Å². The van der Waals surface area contributed by atoms with E-state index in [-0.39, 0.29) is 11.9 Å². The minimum absolute atomic E-state index is 0.0490. The molecule has 0 aromatic carbocycles. The number of rotatable bonds is 5. The van der Waals surface area contributed by atoms with Crippen molar-refractivity contribution in [1.82, 2.24) is 10.2 Å². The minimum atomic E-state index is -0.0490. The number of carbonyl (C=O) groups excluding carboxylic acids is 1. The Bertz CT molecular complexity index is 200. The van der Waals surface area contributed by atoms with Crippen LogP contribution in [-0.2, 0) is 4.79 Å². The van der Waals surface area contributed by atoms with Gasteiger partial charge >= 0.3 is 0 Å². The molecule has 2 unspecified atom stereocenters. The molecule has 0 bridgehead atoms. The lowest BCUT2D eigenvalue weighted by atomic mass is 10.2. The highest BCUT2D eigenvalue weighted by atomic mass is 16.1. The molecule has 0 aromatic rings. The maximum Gasteiger partial charge on any atom is 0.221 e. The van der Waals surface area contributed by atoms with E-state index in [9.17, 15) is 4.79 Å². The molecule has 4 heteroatoms. The second-order valence-electron chi connectivity index (χ2n) is 4.58. The summed E-state index contributed by atoms with van der Waals surface area (Å²) < 4.78 is 0. The van der Waals surface area contributed by atoms with E-state index in [1.54, 1.807) is 0 Å². The van der Waals surface area contributed by atoms with Gasteiger partial charge < -0.3 is 11.1 Å². The van der Waals surface area contributed by atoms with E-state index >= 15 is 0 Å². The molecule has 3 N–H and O–H groups in total. The van der Waals surface area contributed by atoms with E-state index in [0.29, 0.717) is 12.5 Å². The van der Waals surface area contributed by atoms with E-state index in [2.05, 4.69) is 17.1 Å². The van der Waals surface area contributed by atoms with Crippen LogP contribution in [0.25, 0.3) is 0 Å². The first-order chi connectivity index (χ1) is 7.09. The van der Waals surface area contributed by atoms with Gasteiger partial charge in [-0.05, 0) is 39.8 Å². The van der Waals surface area contributed by atoms with Crippen molar-refractivity contribution >= 4 is 5.91 Å². The minimum Gasteiger partial charge on any atom is -0.354 e. The number of carbonyl (C=O) groups is 1. The molecule has 1 amide bonds. The van der Waals surface area contributed by atoms with Crippen LogP contribution in [0.1, 0.15) is 33.1 Å². The maximum atomic E-state index is 11.4. The summed E-state index contributed by atoms with van der Waals surface area (Å²) in [7, 11) is 0. The predicted molar refractivity (Wildman–Crippen MR) is 61.5 cm³/mol. The third-order valence-electron chi connectivity index (χ3n) is 2.87. The molecule has 0 aromatic heterocycles. The molecule has 0 aliphatic carbocycles. The maximum absolute atomic E-state index is 11.4. The summed E-state index contributed by atoms with van der Waals surface area (Å²) in [6.07, 6.45) is 3.00. The average Bonchev–Trinajstić information content (AvgIpc) is 2.65. The molecule has 1 saturated heterocycles. The van der Waals surface area contributed by atoms with Gasteiger partial charge in [0.2, 0.25) is 5.91 Å². The first-order valence-corrected chi connectivity index (χ1v) is 5.86. The van der Waals surface area contributed by atoms with Crippen LogP contribution in [0.4, 0.5) is 0 Å². The van der Waals surface area contributed by atoms with Gasteiger partial charge in [-0.25, -0.2) is 0 Å². The molecule has 4 nitrogen and oxygen atoms in total. The van der Waals surface area contributed by atoms with Crippen molar-refractivity contribution in [2.24, 2.45) is 5.73 Å². The molecular weight excluding hydrogens is 190 g/mol. The third-order valence-corrected chi connectivity index (χ3v) is 2.87. The van der Waals surface area contributed by atoms with E-state index < -0.39 is 0 Å². The van der Waals surface area contributed by atoms with Crippen molar-refractivity contribution in [3.63, 3.8) is 0 Å². The Balaban J connectivity index is 2.15. The van der Waals surface area contributed by atoms with Gasteiger partial charge in [-0.1, -0.05) is 0 Å². The number of hydrogen-bond acceptors (Lipinski definition) is 3. The van der Waals surface area contributed by atoms with Crippen LogP contribution in [0.2, 0.25) is 0 Å². The monoisotopic (exact) mass is 213 g/mol. The normalized spacial score (nSPS) is 21.3. The summed E-state index contributed by atoms with van der Waals surface area (Å²) in [5.74, 6) is 0.0658. The predicted octanol–water partition coefficient (Wildman–Crippen LogP) is 0.324.